The lowest BCUT2D eigenvalue weighted by Gasteiger charge is -2.03. The fourth-order valence-corrected chi connectivity index (χ4v) is 1.11. The SMILES string of the molecule is COC(=O)OC/C(C)=C/c1ccccc1. The van der Waals surface area contributed by atoms with E-state index in [0.717, 1.165) is 11.1 Å². The van der Waals surface area contributed by atoms with Crippen LogP contribution in [0.3, 0.4) is 0 Å². The highest BCUT2D eigenvalue weighted by molar-refractivity contribution is 5.60. The van der Waals surface area contributed by atoms with Crippen LogP contribution in [0.4, 0.5) is 4.79 Å². The number of benzene rings is 1. The molecule has 0 amide bonds. The van der Waals surface area contributed by atoms with Gasteiger partial charge in [-0.15, -0.1) is 0 Å². The molecule has 0 saturated heterocycles. The molecule has 0 heterocycles. The minimum Gasteiger partial charge on any atom is -0.438 e. The molecule has 1 aromatic carbocycles. The van der Waals surface area contributed by atoms with Crippen LogP contribution in [-0.4, -0.2) is 19.9 Å². The number of rotatable bonds is 3. The second kappa shape index (κ2) is 5.86. The summed E-state index contributed by atoms with van der Waals surface area (Å²) in [6, 6.07) is 9.85. The van der Waals surface area contributed by atoms with Crippen molar-refractivity contribution < 1.29 is 14.3 Å². The molecule has 0 aliphatic carbocycles. The predicted molar refractivity (Wildman–Crippen MR) is 58.5 cm³/mol. The van der Waals surface area contributed by atoms with E-state index in [1.165, 1.54) is 7.11 Å². The summed E-state index contributed by atoms with van der Waals surface area (Å²) in [4.78, 5) is 10.7. The lowest BCUT2D eigenvalue weighted by molar-refractivity contribution is 0.0800. The van der Waals surface area contributed by atoms with Crippen LogP contribution in [0, 0.1) is 0 Å². The van der Waals surface area contributed by atoms with E-state index >= 15 is 0 Å². The lowest BCUT2D eigenvalue weighted by atomic mass is 10.1. The first-order valence-corrected chi connectivity index (χ1v) is 4.65. The Labute approximate surface area is 89.3 Å². The van der Waals surface area contributed by atoms with Gasteiger partial charge in [0.25, 0.3) is 0 Å². The molecule has 1 aromatic rings. The van der Waals surface area contributed by atoms with Crippen LogP contribution in [0.15, 0.2) is 35.9 Å². The molecule has 0 saturated carbocycles. The predicted octanol–water partition coefficient (Wildman–Crippen LogP) is 2.87. The summed E-state index contributed by atoms with van der Waals surface area (Å²) in [5, 5.41) is 0. The standard InChI is InChI=1S/C12H14O3/c1-10(9-15-12(13)14-2)8-11-6-4-3-5-7-11/h3-8H,9H2,1-2H3/b10-8+. The quantitative estimate of drug-likeness (QED) is 0.713. The van der Waals surface area contributed by atoms with Crippen LogP contribution < -0.4 is 0 Å². The zero-order valence-corrected chi connectivity index (χ0v) is 8.90. The minimum atomic E-state index is -0.657. The van der Waals surface area contributed by atoms with Crippen LogP contribution in [0.25, 0.3) is 6.08 Å². The Balaban J connectivity index is 2.50. The molecule has 3 nitrogen and oxygen atoms in total. The summed E-state index contributed by atoms with van der Waals surface area (Å²) in [6.45, 7) is 2.15. The van der Waals surface area contributed by atoms with Crippen LogP contribution >= 0.6 is 0 Å². The third-order valence-electron chi connectivity index (χ3n) is 1.80. The van der Waals surface area contributed by atoms with Crippen molar-refractivity contribution in [2.75, 3.05) is 13.7 Å². The van der Waals surface area contributed by atoms with Gasteiger partial charge in [-0.1, -0.05) is 36.4 Å². The van der Waals surface area contributed by atoms with Gasteiger partial charge in [0.15, 0.2) is 0 Å². The van der Waals surface area contributed by atoms with Crippen LogP contribution in [0.1, 0.15) is 12.5 Å². The van der Waals surface area contributed by atoms with E-state index in [2.05, 4.69) is 4.74 Å². The van der Waals surface area contributed by atoms with Gasteiger partial charge >= 0.3 is 6.16 Å². The summed E-state index contributed by atoms with van der Waals surface area (Å²) < 4.78 is 9.16. The van der Waals surface area contributed by atoms with Crippen molar-refractivity contribution >= 4 is 12.2 Å². The van der Waals surface area contributed by atoms with Gasteiger partial charge in [-0.3, -0.25) is 0 Å². The fourth-order valence-electron chi connectivity index (χ4n) is 1.11. The highest BCUT2D eigenvalue weighted by atomic mass is 16.7. The van der Waals surface area contributed by atoms with Crippen molar-refractivity contribution in [1.29, 1.82) is 0 Å². The third-order valence-corrected chi connectivity index (χ3v) is 1.80. The average Bonchev–Trinajstić information content (AvgIpc) is 2.27. The highest BCUT2D eigenvalue weighted by Gasteiger charge is 1.99. The zero-order valence-electron chi connectivity index (χ0n) is 8.90. The number of ether oxygens (including phenoxy) is 2. The number of hydrogen-bond acceptors (Lipinski definition) is 3. The summed E-state index contributed by atoms with van der Waals surface area (Å²) >= 11 is 0. The number of carbonyl (C=O) groups is 1. The molecule has 0 fully saturated rings. The summed E-state index contributed by atoms with van der Waals surface area (Å²) in [5.74, 6) is 0. The second-order valence-corrected chi connectivity index (χ2v) is 3.14. The maximum absolute atomic E-state index is 10.7. The smallest absolute Gasteiger partial charge is 0.438 e. The van der Waals surface area contributed by atoms with Gasteiger partial charge in [0.05, 0.1) is 7.11 Å². The van der Waals surface area contributed by atoms with Crippen molar-refractivity contribution in [3.8, 4) is 0 Å². The summed E-state index contributed by atoms with van der Waals surface area (Å²) in [6.07, 6.45) is 1.30. The van der Waals surface area contributed by atoms with Crippen molar-refractivity contribution in [2.24, 2.45) is 0 Å². The maximum Gasteiger partial charge on any atom is 0.508 e. The third kappa shape index (κ3) is 4.31. The molecule has 0 aliphatic heterocycles. The molecule has 0 N–H and O–H groups in total. The summed E-state index contributed by atoms with van der Waals surface area (Å²) in [7, 11) is 1.29. The lowest BCUT2D eigenvalue weighted by Crippen LogP contribution is -2.05. The first kappa shape index (κ1) is 11.3. The van der Waals surface area contributed by atoms with Gasteiger partial charge in [0.2, 0.25) is 0 Å². The molecular formula is C12H14O3. The Morgan fingerprint density at radius 2 is 2.00 bits per heavy atom. The molecule has 80 valence electrons. The Bertz CT molecular complexity index is 341. The molecule has 0 bridgehead atoms. The van der Waals surface area contributed by atoms with E-state index in [-0.39, 0.29) is 6.61 Å². The molecule has 0 aliphatic rings. The molecule has 3 heteroatoms. The van der Waals surface area contributed by atoms with Crippen molar-refractivity contribution in [3.63, 3.8) is 0 Å². The molecule has 15 heavy (non-hydrogen) atoms. The summed E-state index contributed by atoms with van der Waals surface area (Å²) in [5.41, 5.74) is 2.05. The van der Waals surface area contributed by atoms with Gasteiger partial charge in [0, 0.05) is 0 Å². The normalized spacial score (nSPS) is 10.9. The monoisotopic (exact) mass is 206 g/mol. The highest BCUT2D eigenvalue weighted by Crippen LogP contribution is 2.06. The minimum absolute atomic E-state index is 0.252. The van der Waals surface area contributed by atoms with Crippen LogP contribution in [0.5, 0.6) is 0 Å². The number of carbonyl (C=O) groups excluding carboxylic acids is 1. The molecule has 0 atom stereocenters. The largest absolute Gasteiger partial charge is 0.508 e. The fraction of sp³-hybridized carbons (Fsp3) is 0.250. The van der Waals surface area contributed by atoms with Gasteiger partial charge in [-0.25, -0.2) is 4.79 Å². The van der Waals surface area contributed by atoms with E-state index in [1.807, 2.05) is 43.3 Å². The number of methoxy groups -OCH3 is 1. The van der Waals surface area contributed by atoms with E-state index < -0.39 is 6.16 Å². The molecule has 1 rings (SSSR count). The molecule has 0 aromatic heterocycles. The molecule has 0 unspecified atom stereocenters. The number of hydrogen-bond donors (Lipinski definition) is 0. The topological polar surface area (TPSA) is 35.5 Å². The van der Waals surface area contributed by atoms with Crippen LogP contribution in [-0.2, 0) is 9.47 Å². The first-order chi connectivity index (χ1) is 7.22. The molecule has 0 spiro atoms. The Morgan fingerprint density at radius 1 is 1.33 bits per heavy atom. The Kier molecular flexibility index (Phi) is 4.41. The van der Waals surface area contributed by atoms with Gasteiger partial charge < -0.3 is 9.47 Å². The second-order valence-electron chi connectivity index (χ2n) is 3.14. The van der Waals surface area contributed by atoms with Crippen molar-refractivity contribution in [2.45, 2.75) is 6.92 Å². The molecule has 0 radical (unpaired) electrons. The van der Waals surface area contributed by atoms with Crippen molar-refractivity contribution in [1.82, 2.24) is 0 Å². The first-order valence-electron chi connectivity index (χ1n) is 4.65. The van der Waals surface area contributed by atoms with Gasteiger partial charge in [0.1, 0.15) is 6.61 Å². The van der Waals surface area contributed by atoms with Gasteiger partial charge in [-0.05, 0) is 18.1 Å². The van der Waals surface area contributed by atoms with E-state index in [9.17, 15) is 4.79 Å². The average molecular weight is 206 g/mol. The Morgan fingerprint density at radius 3 is 2.60 bits per heavy atom. The van der Waals surface area contributed by atoms with E-state index in [1.54, 1.807) is 0 Å². The molecular weight excluding hydrogens is 192 g/mol. The zero-order chi connectivity index (χ0) is 11.1. The van der Waals surface area contributed by atoms with E-state index in [0.29, 0.717) is 0 Å². The van der Waals surface area contributed by atoms with Crippen LogP contribution in [0.2, 0.25) is 0 Å². The Hall–Kier alpha value is -1.77. The van der Waals surface area contributed by atoms with E-state index in [4.69, 9.17) is 4.74 Å². The van der Waals surface area contributed by atoms with Crippen molar-refractivity contribution in [3.05, 3.63) is 41.5 Å². The van der Waals surface area contributed by atoms with Gasteiger partial charge in [-0.2, -0.15) is 0 Å². The maximum atomic E-state index is 10.7.